The Morgan fingerprint density at radius 2 is 2.00 bits per heavy atom. The average molecular weight is 267 g/mol. The maximum Gasteiger partial charge on any atom is 0.128 e. The standard InChI is InChI=1S/C16H26FNO/c1-5-8-18-10-14-6-7-16(17)15(9-14)11-19-13(4)12(2)3/h6-7,9,12-13,18H,5,8,10-11H2,1-4H3. The molecule has 0 bridgehead atoms. The van der Waals surface area contributed by atoms with E-state index in [0.717, 1.165) is 25.1 Å². The molecule has 0 amide bonds. The van der Waals surface area contributed by atoms with Crippen molar-refractivity contribution in [1.82, 2.24) is 5.32 Å². The maximum atomic E-state index is 13.7. The monoisotopic (exact) mass is 267 g/mol. The highest BCUT2D eigenvalue weighted by atomic mass is 19.1. The van der Waals surface area contributed by atoms with Gasteiger partial charge in [0.1, 0.15) is 5.82 Å². The maximum absolute atomic E-state index is 13.7. The van der Waals surface area contributed by atoms with E-state index in [2.05, 4.69) is 26.1 Å². The molecule has 1 unspecified atom stereocenters. The summed E-state index contributed by atoms with van der Waals surface area (Å²) in [4.78, 5) is 0. The van der Waals surface area contributed by atoms with Gasteiger partial charge in [-0.2, -0.15) is 0 Å². The van der Waals surface area contributed by atoms with Gasteiger partial charge in [0.25, 0.3) is 0 Å². The number of rotatable bonds is 8. The molecule has 19 heavy (non-hydrogen) atoms. The highest BCUT2D eigenvalue weighted by Gasteiger charge is 2.10. The molecular weight excluding hydrogens is 241 g/mol. The summed E-state index contributed by atoms with van der Waals surface area (Å²) in [6.07, 6.45) is 1.24. The molecule has 0 aliphatic carbocycles. The lowest BCUT2D eigenvalue weighted by Crippen LogP contribution is -2.16. The van der Waals surface area contributed by atoms with E-state index in [1.165, 1.54) is 6.07 Å². The fraction of sp³-hybridized carbons (Fsp3) is 0.625. The molecule has 108 valence electrons. The highest BCUT2D eigenvalue weighted by Crippen LogP contribution is 2.15. The van der Waals surface area contributed by atoms with E-state index in [9.17, 15) is 4.39 Å². The zero-order valence-corrected chi connectivity index (χ0v) is 12.5. The average Bonchev–Trinajstić information content (AvgIpc) is 2.38. The Hall–Kier alpha value is -0.930. The first-order chi connectivity index (χ1) is 9.04. The number of ether oxygens (including phenoxy) is 1. The molecule has 0 aliphatic heterocycles. The van der Waals surface area contributed by atoms with E-state index in [1.807, 2.05) is 19.1 Å². The van der Waals surface area contributed by atoms with Gasteiger partial charge in [0.05, 0.1) is 12.7 Å². The molecule has 2 nitrogen and oxygen atoms in total. The van der Waals surface area contributed by atoms with Crippen LogP contribution >= 0.6 is 0 Å². The van der Waals surface area contributed by atoms with Gasteiger partial charge in [0, 0.05) is 12.1 Å². The summed E-state index contributed by atoms with van der Waals surface area (Å²) in [6, 6.07) is 5.25. The summed E-state index contributed by atoms with van der Waals surface area (Å²) in [7, 11) is 0. The Morgan fingerprint density at radius 1 is 1.26 bits per heavy atom. The van der Waals surface area contributed by atoms with Gasteiger partial charge >= 0.3 is 0 Å². The van der Waals surface area contributed by atoms with Crippen LogP contribution in [0.25, 0.3) is 0 Å². The minimum Gasteiger partial charge on any atom is -0.373 e. The molecule has 1 aromatic rings. The predicted octanol–water partition coefficient (Wildman–Crippen LogP) is 3.89. The molecule has 1 rings (SSSR count). The van der Waals surface area contributed by atoms with Crippen LogP contribution < -0.4 is 5.32 Å². The molecule has 1 aromatic carbocycles. The van der Waals surface area contributed by atoms with Gasteiger partial charge in [-0.15, -0.1) is 0 Å². The summed E-state index contributed by atoms with van der Waals surface area (Å²) in [5, 5.41) is 3.32. The molecule has 1 atom stereocenters. The number of hydrogen-bond donors (Lipinski definition) is 1. The van der Waals surface area contributed by atoms with Crippen molar-refractivity contribution in [2.24, 2.45) is 5.92 Å². The highest BCUT2D eigenvalue weighted by molar-refractivity contribution is 5.24. The number of nitrogens with one attached hydrogen (secondary N) is 1. The van der Waals surface area contributed by atoms with Gasteiger partial charge in [-0.25, -0.2) is 4.39 Å². The minimum atomic E-state index is -0.185. The first kappa shape index (κ1) is 16.1. The largest absolute Gasteiger partial charge is 0.373 e. The molecule has 0 fully saturated rings. The van der Waals surface area contributed by atoms with Crippen LogP contribution in [0.4, 0.5) is 4.39 Å². The van der Waals surface area contributed by atoms with Gasteiger partial charge in [0.2, 0.25) is 0 Å². The van der Waals surface area contributed by atoms with Gasteiger partial charge in [-0.3, -0.25) is 0 Å². The fourth-order valence-electron chi connectivity index (χ4n) is 1.67. The topological polar surface area (TPSA) is 21.3 Å². The molecule has 0 aliphatic rings. The van der Waals surface area contributed by atoms with Crippen molar-refractivity contribution in [1.29, 1.82) is 0 Å². The molecule has 0 spiro atoms. The number of hydrogen-bond acceptors (Lipinski definition) is 2. The lowest BCUT2D eigenvalue weighted by Gasteiger charge is -2.17. The second-order valence-electron chi connectivity index (χ2n) is 5.36. The van der Waals surface area contributed by atoms with Crippen molar-refractivity contribution in [3.63, 3.8) is 0 Å². The summed E-state index contributed by atoms with van der Waals surface area (Å²) < 4.78 is 19.4. The van der Waals surface area contributed by atoms with Crippen molar-refractivity contribution in [2.45, 2.75) is 53.4 Å². The van der Waals surface area contributed by atoms with Crippen LogP contribution in [-0.2, 0) is 17.9 Å². The predicted molar refractivity (Wildman–Crippen MR) is 77.5 cm³/mol. The van der Waals surface area contributed by atoms with E-state index >= 15 is 0 Å². The summed E-state index contributed by atoms with van der Waals surface area (Å²) in [5.41, 5.74) is 1.74. The van der Waals surface area contributed by atoms with E-state index < -0.39 is 0 Å². The second kappa shape index (κ2) is 8.28. The Labute approximate surface area is 116 Å². The van der Waals surface area contributed by atoms with E-state index in [0.29, 0.717) is 18.1 Å². The van der Waals surface area contributed by atoms with Gasteiger partial charge < -0.3 is 10.1 Å². The fourth-order valence-corrected chi connectivity index (χ4v) is 1.67. The van der Waals surface area contributed by atoms with Crippen LogP contribution in [0.3, 0.4) is 0 Å². The normalized spacial score (nSPS) is 12.9. The zero-order valence-electron chi connectivity index (χ0n) is 12.5. The lowest BCUT2D eigenvalue weighted by molar-refractivity contribution is 0.0221. The van der Waals surface area contributed by atoms with Crippen molar-refractivity contribution in [3.8, 4) is 0 Å². The second-order valence-corrected chi connectivity index (χ2v) is 5.36. The smallest absolute Gasteiger partial charge is 0.128 e. The van der Waals surface area contributed by atoms with Crippen LogP contribution in [0, 0.1) is 11.7 Å². The molecule has 1 N–H and O–H groups in total. The third kappa shape index (κ3) is 5.70. The number of benzene rings is 1. The third-order valence-corrected chi connectivity index (χ3v) is 3.31. The molecular formula is C16H26FNO. The van der Waals surface area contributed by atoms with E-state index in [-0.39, 0.29) is 11.9 Å². The van der Waals surface area contributed by atoms with Crippen molar-refractivity contribution in [3.05, 3.63) is 35.1 Å². The first-order valence-electron chi connectivity index (χ1n) is 7.14. The lowest BCUT2D eigenvalue weighted by atomic mass is 10.1. The quantitative estimate of drug-likeness (QED) is 0.722. The molecule has 3 heteroatoms. The van der Waals surface area contributed by atoms with Crippen LogP contribution in [-0.4, -0.2) is 12.6 Å². The van der Waals surface area contributed by atoms with Crippen molar-refractivity contribution >= 4 is 0 Å². The van der Waals surface area contributed by atoms with Gasteiger partial charge in [0.15, 0.2) is 0 Å². The SMILES string of the molecule is CCCNCc1ccc(F)c(COC(C)C(C)C)c1. The minimum absolute atomic E-state index is 0.140. The third-order valence-electron chi connectivity index (χ3n) is 3.31. The Morgan fingerprint density at radius 3 is 2.63 bits per heavy atom. The molecule has 0 heterocycles. The van der Waals surface area contributed by atoms with E-state index in [4.69, 9.17) is 4.74 Å². The molecule has 0 saturated heterocycles. The van der Waals surface area contributed by atoms with Crippen molar-refractivity contribution in [2.75, 3.05) is 6.54 Å². The molecule has 0 aromatic heterocycles. The van der Waals surface area contributed by atoms with Gasteiger partial charge in [-0.1, -0.05) is 26.8 Å². The summed E-state index contributed by atoms with van der Waals surface area (Å²) in [6.45, 7) is 10.5. The van der Waals surface area contributed by atoms with Crippen LogP contribution in [0.5, 0.6) is 0 Å². The van der Waals surface area contributed by atoms with Crippen LogP contribution in [0.1, 0.15) is 45.2 Å². The first-order valence-corrected chi connectivity index (χ1v) is 7.14. The summed E-state index contributed by atoms with van der Waals surface area (Å²) in [5.74, 6) is 0.257. The molecule has 0 radical (unpaired) electrons. The van der Waals surface area contributed by atoms with Crippen LogP contribution in [0.2, 0.25) is 0 Å². The van der Waals surface area contributed by atoms with Crippen LogP contribution in [0.15, 0.2) is 18.2 Å². The molecule has 0 saturated carbocycles. The van der Waals surface area contributed by atoms with E-state index in [1.54, 1.807) is 0 Å². The Bertz CT molecular complexity index is 379. The zero-order chi connectivity index (χ0) is 14.3. The Kier molecular flexibility index (Phi) is 7.03. The Balaban J connectivity index is 2.58. The summed E-state index contributed by atoms with van der Waals surface area (Å²) >= 11 is 0. The number of halogens is 1. The van der Waals surface area contributed by atoms with Crippen molar-refractivity contribution < 1.29 is 9.13 Å². The van der Waals surface area contributed by atoms with Gasteiger partial charge in [-0.05, 0) is 43.5 Å².